The van der Waals surface area contributed by atoms with Crippen molar-refractivity contribution in [1.82, 2.24) is 14.3 Å². The number of carbonyl (C=O) groups excluding carboxylic acids is 1. The molecule has 6 heteroatoms. The van der Waals surface area contributed by atoms with Crippen LogP contribution in [0.4, 0.5) is 0 Å². The molecular weight excluding hydrogens is 320 g/mol. The number of thiazole rings is 1. The van der Waals surface area contributed by atoms with E-state index in [2.05, 4.69) is 42.0 Å². The highest BCUT2D eigenvalue weighted by Crippen LogP contribution is 2.22. The molecule has 1 aromatic carbocycles. The maximum atomic E-state index is 12.5. The molecule has 5 nitrogen and oxygen atoms in total. The van der Waals surface area contributed by atoms with Crippen molar-refractivity contribution in [1.29, 1.82) is 0 Å². The van der Waals surface area contributed by atoms with Gasteiger partial charge in [-0.1, -0.05) is 17.3 Å². The van der Waals surface area contributed by atoms with Gasteiger partial charge < -0.3 is 4.57 Å². The Balaban J connectivity index is 2.20. The van der Waals surface area contributed by atoms with E-state index in [9.17, 15) is 4.79 Å². The van der Waals surface area contributed by atoms with E-state index in [0.717, 1.165) is 10.2 Å². The second kappa shape index (κ2) is 6.46. The zero-order chi connectivity index (χ0) is 17.3. The fraction of sp³-hybridized carbons (Fsp3) is 0.278. The summed E-state index contributed by atoms with van der Waals surface area (Å²) in [5.74, 6) is 2.34. The quantitative estimate of drug-likeness (QED) is 0.690. The van der Waals surface area contributed by atoms with Gasteiger partial charge >= 0.3 is 0 Å². The van der Waals surface area contributed by atoms with Gasteiger partial charge in [-0.15, -0.1) is 6.42 Å². The highest BCUT2D eigenvalue weighted by Gasteiger charge is 2.13. The SMILES string of the molecule is C#CCn1c(=NC(=O)c2ccnn2CC)sc2cc(C)c(C)cc21. The maximum Gasteiger partial charge on any atom is 0.297 e. The highest BCUT2D eigenvalue weighted by atomic mass is 32.1. The molecule has 0 atom stereocenters. The summed E-state index contributed by atoms with van der Waals surface area (Å²) in [6.07, 6.45) is 7.12. The molecule has 0 radical (unpaired) electrons. The molecule has 0 aliphatic carbocycles. The van der Waals surface area contributed by atoms with E-state index in [4.69, 9.17) is 6.42 Å². The number of benzene rings is 1. The van der Waals surface area contributed by atoms with E-state index in [1.807, 2.05) is 11.5 Å². The van der Waals surface area contributed by atoms with Crippen molar-refractivity contribution in [3.8, 4) is 12.3 Å². The molecule has 2 aromatic heterocycles. The van der Waals surface area contributed by atoms with Gasteiger partial charge in [0.1, 0.15) is 5.69 Å². The summed E-state index contributed by atoms with van der Waals surface area (Å²) < 4.78 is 4.62. The number of aryl methyl sites for hydroxylation is 3. The molecule has 24 heavy (non-hydrogen) atoms. The van der Waals surface area contributed by atoms with Crippen molar-refractivity contribution < 1.29 is 4.79 Å². The summed E-state index contributed by atoms with van der Waals surface area (Å²) in [5, 5.41) is 4.12. The topological polar surface area (TPSA) is 52.2 Å². The number of hydrogen-bond acceptors (Lipinski definition) is 3. The van der Waals surface area contributed by atoms with Gasteiger partial charge in [-0.25, -0.2) is 0 Å². The first-order chi connectivity index (χ1) is 11.5. The van der Waals surface area contributed by atoms with Crippen LogP contribution >= 0.6 is 11.3 Å². The highest BCUT2D eigenvalue weighted by molar-refractivity contribution is 7.16. The monoisotopic (exact) mass is 338 g/mol. The Morgan fingerprint density at radius 1 is 1.38 bits per heavy atom. The first kappa shape index (κ1) is 16.2. The standard InChI is InChI=1S/C18H18N4OS/c1-5-9-21-15-10-12(3)13(4)11-16(15)24-18(21)20-17(23)14-7-8-19-22(14)6-2/h1,7-8,10-11H,6,9H2,2-4H3. The molecule has 0 bridgehead atoms. The number of hydrogen-bond donors (Lipinski definition) is 0. The fourth-order valence-corrected chi connectivity index (χ4v) is 3.67. The number of nitrogens with zero attached hydrogens (tertiary/aromatic N) is 4. The third kappa shape index (κ3) is 2.79. The van der Waals surface area contributed by atoms with Gasteiger partial charge in [0.05, 0.1) is 16.8 Å². The Hall–Kier alpha value is -2.65. The number of carbonyl (C=O) groups is 1. The Bertz CT molecular complexity index is 1030. The number of fused-ring (bicyclic) bond motifs is 1. The van der Waals surface area contributed by atoms with E-state index in [-0.39, 0.29) is 5.91 Å². The van der Waals surface area contributed by atoms with Crippen LogP contribution < -0.4 is 4.80 Å². The minimum absolute atomic E-state index is 0.305. The second-order valence-corrected chi connectivity index (χ2v) is 6.54. The Labute approximate surface area is 144 Å². The average Bonchev–Trinajstić information content (AvgIpc) is 3.14. The fourth-order valence-electron chi connectivity index (χ4n) is 2.56. The van der Waals surface area contributed by atoms with Crippen LogP contribution in [0.1, 0.15) is 28.5 Å². The first-order valence-electron chi connectivity index (χ1n) is 7.70. The molecule has 0 N–H and O–H groups in total. The zero-order valence-corrected chi connectivity index (χ0v) is 14.7. The van der Waals surface area contributed by atoms with Crippen LogP contribution in [-0.2, 0) is 13.1 Å². The second-order valence-electron chi connectivity index (χ2n) is 5.53. The van der Waals surface area contributed by atoms with Gasteiger partial charge in [-0.05, 0) is 50.1 Å². The summed E-state index contributed by atoms with van der Waals surface area (Å²) in [6, 6.07) is 5.89. The molecule has 0 saturated heterocycles. The predicted octanol–water partition coefficient (Wildman–Crippen LogP) is 2.91. The van der Waals surface area contributed by atoms with Crippen molar-refractivity contribution in [3.05, 3.63) is 46.0 Å². The smallest absolute Gasteiger partial charge is 0.297 e. The molecule has 0 aliphatic rings. The minimum atomic E-state index is -0.305. The molecule has 1 amide bonds. The van der Waals surface area contributed by atoms with Crippen LogP contribution in [0.2, 0.25) is 0 Å². The van der Waals surface area contributed by atoms with Gasteiger partial charge in [-0.3, -0.25) is 9.48 Å². The van der Waals surface area contributed by atoms with Crippen molar-refractivity contribution >= 4 is 27.5 Å². The summed E-state index contributed by atoms with van der Waals surface area (Å²) in [6.45, 7) is 7.07. The van der Waals surface area contributed by atoms with Crippen LogP contribution in [0.25, 0.3) is 10.2 Å². The van der Waals surface area contributed by atoms with Gasteiger partial charge in [-0.2, -0.15) is 10.1 Å². The van der Waals surface area contributed by atoms with Crippen molar-refractivity contribution in [2.75, 3.05) is 0 Å². The van der Waals surface area contributed by atoms with Gasteiger partial charge in [0.25, 0.3) is 5.91 Å². The predicted molar refractivity (Wildman–Crippen MR) is 95.9 cm³/mol. The first-order valence-corrected chi connectivity index (χ1v) is 8.51. The van der Waals surface area contributed by atoms with E-state index in [1.165, 1.54) is 22.5 Å². The lowest BCUT2D eigenvalue weighted by atomic mass is 10.1. The van der Waals surface area contributed by atoms with Crippen LogP contribution in [0.3, 0.4) is 0 Å². The molecule has 0 fully saturated rings. The Kier molecular flexibility index (Phi) is 4.36. The van der Waals surface area contributed by atoms with Gasteiger partial charge in [0, 0.05) is 12.7 Å². The summed E-state index contributed by atoms with van der Waals surface area (Å²) >= 11 is 1.48. The van der Waals surface area contributed by atoms with E-state index in [0.29, 0.717) is 23.6 Å². The molecule has 122 valence electrons. The lowest BCUT2D eigenvalue weighted by Crippen LogP contribution is -2.18. The number of rotatable bonds is 3. The van der Waals surface area contributed by atoms with Crippen molar-refractivity contribution in [2.24, 2.45) is 4.99 Å². The average molecular weight is 338 g/mol. The van der Waals surface area contributed by atoms with Crippen LogP contribution in [0, 0.1) is 26.2 Å². The normalized spacial score (nSPS) is 11.8. The molecule has 0 unspecified atom stereocenters. The summed E-state index contributed by atoms with van der Waals surface area (Å²) in [4.78, 5) is 17.5. The molecule has 0 spiro atoms. The number of aromatic nitrogens is 3. The largest absolute Gasteiger partial charge is 0.305 e. The Morgan fingerprint density at radius 2 is 2.12 bits per heavy atom. The molecule has 3 aromatic rings. The van der Waals surface area contributed by atoms with E-state index >= 15 is 0 Å². The van der Waals surface area contributed by atoms with E-state index in [1.54, 1.807) is 16.9 Å². The van der Waals surface area contributed by atoms with Crippen molar-refractivity contribution in [3.63, 3.8) is 0 Å². The van der Waals surface area contributed by atoms with Crippen LogP contribution in [-0.4, -0.2) is 20.3 Å². The van der Waals surface area contributed by atoms with Crippen LogP contribution in [0.5, 0.6) is 0 Å². The van der Waals surface area contributed by atoms with Gasteiger partial charge in [0.2, 0.25) is 0 Å². The van der Waals surface area contributed by atoms with E-state index < -0.39 is 0 Å². The van der Waals surface area contributed by atoms with Crippen molar-refractivity contribution in [2.45, 2.75) is 33.9 Å². The molecule has 0 aliphatic heterocycles. The lowest BCUT2D eigenvalue weighted by Gasteiger charge is -2.03. The van der Waals surface area contributed by atoms with Gasteiger partial charge in [0.15, 0.2) is 4.80 Å². The Morgan fingerprint density at radius 3 is 2.83 bits per heavy atom. The third-order valence-corrected chi connectivity index (χ3v) is 5.02. The number of terminal acetylenes is 1. The summed E-state index contributed by atoms with van der Waals surface area (Å²) in [5.41, 5.74) is 3.89. The third-order valence-electron chi connectivity index (χ3n) is 3.98. The molecular formula is C18H18N4OS. The number of amides is 1. The lowest BCUT2D eigenvalue weighted by molar-refractivity contribution is 0.0987. The maximum absolute atomic E-state index is 12.5. The molecule has 3 rings (SSSR count). The molecule has 0 saturated carbocycles. The summed E-state index contributed by atoms with van der Waals surface area (Å²) in [7, 11) is 0. The molecule has 2 heterocycles. The minimum Gasteiger partial charge on any atom is -0.305 e. The zero-order valence-electron chi connectivity index (χ0n) is 13.9. The van der Waals surface area contributed by atoms with Crippen LogP contribution in [0.15, 0.2) is 29.4 Å².